The Morgan fingerprint density at radius 3 is 2.68 bits per heavy atom. The highest BCUT2D eigenvalue weighted by Crippen LogP contribution is 2.36. The fourth-order valence-corrected chi connectivity index (χ4v) is 4.04. The number of aliphatic hydroxyl groups is 1. The van der Waals surface area contributed by atoms with Crippen LogP contribution in [0.3, 0.4) is 0 Å². The van der Waals surface area contributed by atoms with E-state index in [-0.39, 0.29) is 12.5 Å². The highest BCUT2D eigenvalue weighted by Gasteiger charge is 2.20. The van der Waals surface area contributed by atoms with Gasteiger partial charge in [0.2, 0.25) is 0 Å². The Balaban J connectivity index is 2.05. The smallest absolute Gasteiger partial charge is 0.136 e. The molecule has 0 radical (unpaired) electrons. The minimum atomic E-state index is -0.108. The van der Waals surface area contributed by atoms with Gasteiger partial charge < -0.3 is 9.67 Å². The molecule has 0 bridgehead atoms. The van der Waals surface area contributed by atoms with Gasteiger partial charge in [0.25, 0.3) is 0 Å². The van der Waals surface area contributed by atoms with Gasteiger partial charge in [-0.2, -0.15) is 0 Å². The number of halogens is 1. The van der Waals surface area contributed by atoms with Gasteiger partial charge in [0.05, 0.1) is 17.9 Å². The molecular weight excluding hydrogens is 354 g/mol. The Hall–Kier alpha value is -1.82. The van der Waals surface area contributed by atoms with Crippen LogP contribution in [0.4, 0.5) is 0 Å². The van der Waals surface area contributed by atoms with Crippen LogP contribution in [0.1, 0.15) is 37.0 Å². The van der Waals surface area contributed by atoms with Crippen molar-refractivity contribution in [3.63, 3.8) is 0 Å². The third-order valence-corrected chi connectivity index (χ3v) is 5.12. The summed E-state index contributed by atoms with van der Waals surface area (Å²) in [5.41, 5.74) is 1.91. The van der Waals surface area contributed by atoms with Crippen molar-refractivity contribution in [3.05, 3.63) is 70.9 Å². The maximum atomic E-state index is 9.79. The molecule has 0 spiro atoms. The molecule has 1 N–H and O–H groups in total. The number of hydrogen-bond acceptors (Lipinski definition) is 4. The molecule has 2 heterocycles. The molecule has 3 aromatic rings. The van der Waals surface area contributed by atoms with E-state index in [4.69, 9.17) is 11.6 Å². The van der Waals surface area contributed by atoms with Crippen molar-refractivity contribution in [2.24, 2.45) is 0 Å². The second kappa shape index (κ2) is 8.04. The van der Waals surface area contributed by atoms with E-state index in [0.717, 1.165) is 21.3 Å². The number of benzene rings is 1. The van der Waals surface area contributed by atoms with Crippen LogP contribution in [0.2, 0.25) is 5.02 Å². The van der Waals surface area contributed by atoms with Gasteiger partial charge in [0.15, 0.2) is 0 Å². The largest absolute Gasteiger partial charge is 0.388 e. The molecule has 130 valence electrons. The molecule has 0 saturated carbocycles. The van der Waals surface area contributed by atoms with E-state index in [1.165, 1.54) is 0 Å². The molecule has 1 aromatic carbocycles. The summed E-state index contributed by atoms with van der Waals surface area (Å²) in [4.78, 5) is 10.1. The molecule has 0 saturated heterocycles. The number of hydrogen-bond donors (Lipinski definition) is 1. The Kier molecular flexibility index (Phi) is 5.78. The second-order valence-corrected chi connectivity index (χ2v) is 7.50. The molecule has 0 amide bonds. The van der Waals surface area contributed by atoms with Crippen LogP contribution in [-0.2, 0) is 13.2 Å². The van der Waals surface area contributed by atoms with Crippen molar-refractivity contribution in [1.29, 1.82) is 0 Å². The maximum Gasteiger partial charge on any atom is 0.136 e. The van der Waals surface area contributed by atoms with Crippen molar-refractivity contribution >= 4 is 23.4 Å². The van der Waals surface area contributed by atoms with Gasteiger partial charge >= 0.3 is 0 Å². The van der Waals surface area contributed by atoms with Gasteiger partial charge in [-0.3, -0.25) is 4.98 Å². The Morgan fingerprint density at radius 1 is 1.20 bits per heavy atom. The van der Waals surface area contributed by atoms with E-state index in [2.05, 4.69) is 23.8 Å². The van der Waals surface area contributed by atoms with Crippen LogP contribution in [0.15, 0.2) is 58.6 Å². The number of aliphatic hydroxyl groups excluding tert-OH is 1. The fourth-order valence-electron chi connectivity index (χ4n) is 2.57. The van der Waals surface area contributed by atoms with E-state index in [0.29, 0.717) is 17.4 Å². The average Bonchev–Trinajstić information content (AvgIpc) is 2.94. The summed E-state index contributed by atoms with van der Waals surface area (Å²) in [6.07, 6.45) is 1.78. The van der Waals surface area contributed by atoms with Crippen molar-refractivity contribution in [2.45, 2.75) is 42.8 Å². The molecule has 6 heteroatoms. The van der Waals surface area contributed by atoms with E-state index < -0.39 is 0 Å². The third kappa shape index (κ3) is 4.24. The van der Waals surface area contributed by atoms with E-state index in [9.17, 15) is 5.11 Å². The molecule has 3 rings (SSSR count). The zero-order valence-electron chi connectivity index (χ0n) is 14.2. The first-order valence-electron chi connectivity index (χ1n) is 8.12. The highest BCUT2D eigenvalue weighted by atomic mass is 35.5. The van der Waals surface area contributed by atoms with Crippen LogP contribution in [-0.4, -0.2) is 19.6 Å². The van der Waals surface area contributed by atoms with Crippen LogP contribution in [0.25, 0.3) is 0 Å². The molecule has 0 atom stereocenters. The predicted molar refractivity (Wildman–Crippen MR) is 101 cm³/mol. The molecule has 4 nitrogen and oxygen atoms in total. The van der Waals surface area contributed by atoms with Crippen molar-refractivity contribution in [3.8, 4) is 0 Å². The van der Waals surface area contributed by atoms with Gasteiger partial charge in [-0.25, -0.2) is 4.98 Å². The molecule has 0 aliphatic heterocycles. The number of pyridine rings is 1. The Labute approximate surface area is 156 Å². The molecule has 0 aliphatic rings. The van der Waals surface area contributed by atoms with Gasteiger partial charge in [-0.05, 0) is 36.2 Å². The number of rotatable bonds is 6. The quantitative estimate of drug-likeness (QED) is 0.677. The molecule has 0 fully saturated rings. The number of imidazole rings is 1. The lowest BCUT2D eigenvalue weighted by Gasteiger charge is -2.12. The molecule has 0 aliphatic carbocycles. The first-order chi connectivity index (χ1) is 12.1. The summed E-state index contributed by atoms with van der Waals surface area (Å²) in [7, 11) is 0. The van der Waals surface area contributed by atoms with E-state index in [1.807, 2.05) is 47.0 Å². The van der Waals surface area contributed by atoms with Crippen molar-refractivity contribution in [1.82, 2.24) is 14.5 Å². The summed E-state index contributed by atoms with van der Waals surface area (Å²) in [5.74, 6) is 0.899. The standard InChI is InChI=1S/C19H20ClN3OS/c1-13(2)18-19(25-16-8-5-6-14(20)10-16)23(17(12-24)22-18)11-15-7-3-4-9-21-15/h3-10,13,24H,11-12H2,1-2H3. The summed E-state index contributed by atoms with van der Waals surface area (Å²) in [6, 6.07) is 13.6. The minimum Gasteiger partial charge on any atom is -0.388 e. The monoisotopic (exact) mass is 373 g/mol. The van der Waals surface area contributed by atoms with Crippen molar-refractivity contribution < 1.29 is 5.11 Å². The first-order valence-corrected chi connectivity index (χ1v) is 9.31. The summed E-state index contributed by atoms with van der Waals surface area (Å²) >= 11 is 7.75. The third-order valence-electron chi connectivity index (χ3n) is 3.77. The van der Waals surface area contributed by atoms with E-state index >= 15 is 0 Å². The van der Waals surface area contributed by atoms with Gasteiger partial charge in [0, 0.05) is 16.1 Å². The predicted octanol–water partition coefficient (Wildman–Crippen LogP) is 4.75. The van der Waals surface area contributed by atoms with Crippen LogP contribution in [0, 0.1) is 0 Å². The van der Waals surface area contributed by atoms with Crippen LogP contribution >= 0.6 is 23.4 Å². The molecule has 25 heavy (non-hydrogen) atoms. The molecule has 2 aromatic heterocycles. The zero-order chi connectivity index (χ0) is 17.8. The maximum absolute atomic E-state index is 9.79. The lowest BCUT2D eigenvalue weighted by molar-refractivity contribution is 0.264. The van der Waals surface area contributed by atoms with E-state index in [1.54, 1.807) is 18.0 Å². The summed E-state index contributed by atoms with van der Waals surface area (Å²) in [5, 5.41) is 11.5. The summed E-state index contributed by atoms with van der Waals surface area (Å²) in [6.45, 7) is 4.68. The average molecular weight is 374 g/mol. The van der Waals surface area contributed by atoms with Gasteiger partial charge in [-0.15, -0.1) is 0 Å². The van der Waals surface area contributed by atoms with Crippen LogP contribution in [0.5, 0.6) is 0 Å². The van der Waals surface area contributed by atoms with Gasteiger partial charge in [0.1, 0.15) is 17.5 Å². The SMILES string of the molecule is CC(C)c1nc(CO)n(Cc2ccccn2)c1Sc1cccc(Cl)c1. The fraction of sp³-hybridized carbons (Fsp3) is 0.263. The van der Waals surface area contributed by atoms with Gasteiger partial charge in [-0.1, -0.05) is 49.3 Å². The number of nitrogens with zero attached hydrogens (tertiary/aromatic N) is 3. The van der Waals surface area contributed by atoms with Crippen LogP contribution < -0.4 is 0 Å². The van der Waals surface area contributed by atoms with Crippen molar-refractivity contribution in [2.75, 3.05) is 0 Å². The first kappa shape index (κ1) is 18.0. The Morgan fingerprint density at radius 2 is 2.04 bits per heavy atom. The molecule has 0 unspecified atom stereocenters. The Bertz CT molecular complexity index is 849. The molecular formula is C19H20ClN3OS. The highest BCUT2D eigenvalue weighted by molar-refractivity contribution is 7.99. The zero-order valence-corrected chi connectivity index (χ0v) is 15.8. The normalized spacial score (nSPS) is 11.2. The topological polar surface area (TPSA) is 50.9 Å². The minimum absolute atomic E-state index is 0.108. The lowest BCUT2D eigenvalue weighted by Crippen LogP contribution is -2.07. The lowest BCUT2D eigenvalue weighted by atomic mass is 10.1. The number of aromatic nitrogens is 3. The summed E-state index contributed by atoms with van der Waals surface area (Å²) < 4.78 is 2.04. The second-order valence-electron chi connectivity index (χ2n) is 6.00.